The van der Waals surface area contributed by atoms with Gasteiger partial charge in [-0.05, 0) is 6.92 Å². The number of hydrogen-bond acceptors (Lipinski definition) is 5. The summed E-state index contributed by atoms with van der Waals surface area (Å²) in [7, 11) is 0. The maximum Gasteiger partial charge on any atom is 0.273 e. The monoisotopic (exact) mass is 200 g/mol. The molecule has 1 aromatic heterocycles. The van der Waals surface area contributed by atoms with Crippen LogP contribution in [0.25, 0.3) is 0 Å². The van der Waals surface area contributed by atoms with Crippen molar-refractivity contribution < 1.29 is 19.4 Å². The Morgan fingerprint density at radius 2 is 2.29 bits per heavy atom. The number of carbonyl (C=O) groups excluding carboxylic acids is 1. The lowest BCUT2D eigenvalue weighted by molar-refractivity contribution is 0.0873. The highest BCUT2D eigenvalue weighted by molar-refractivity contribution is 5.93. The molecule has 0 aliphatic rings. The quantitative estimate of drug-likeness (QED) is 0.583. The van der Waals surface area contributed by atoms with Crippen LogP contribution >= 0.6 is 0 Å². The highest BCUT2D eigenvalue weighted by Gasteiger charge is 2.16. The molecule has 0 atom stereocenters. The number of aromatic nitrogens is 1. The van der Waals surface area contributed by atoms with Gasteiger partial charge in [0.1, 0.15) is 5.76 Å². The van der Waals surface area contributed by atoms with E-state index in [4.69, 9.17) is 14.6 Å². The molecule has 0 bridgehead atoms. The number of aliphatic hydroxyl groups excluding tert-OH is 2. The number of amides is 1. The number of carbonyl (C=O) groups is 1. The van der Waals surface area contributed by atoms with Crippen molar-refractivity contribution in [3.8, 4) is 0 Å². The Kier molecular flexibility index (Phi) is 3.61. The van der Waals surface area contributed by atoms with Gasteiger partial charge in [0.15, 0.2) is 12.1 Å². The molecule has 0 radical (unpaired) electrons. The topological polar surface area (TPSA) is 95.6 Å². The highest BCUT2D eigenvalue weighted by atomic mass is 16.3. The van der Waals surface area contributed by atoms with Crippen LogP contribution < -0.4 is 5.32 Å². The van der Waals surface area contributed by atoms with E-state index in [1.165, 1.54) is 0 Å². The second kappa shape index (κ2) is 4.73. The summed E-state index contributed by atoms with van der Waals surface area (Å²) in [5.41, 5.74) is 0.164. The van der Waals surface area contributed by atoms with Gasteiger partial charge in [0.25, 0.3) is 5.91 Å². The average Bonchev–Trinajstić information content (AvgIpc) is 2.60. The number of aliphatic hydroxyl groups is 2. The number of rotatable bonds is 4. The first kappa shape index (κ1) is 10.7. The molecule has 6 nitrogen and oxygen atoms in total. The normalized spacial score (nSPS) is 10.6. The Hall–Kier alpha value is -1.40. The van der Waals surface area contributed by atoms with Crippen molar-refractivity contribution in [2.45, 2.75) is 13.0 Å². The molecule has 0 aliphatic heterocycles. The number of oxazole rings is 1. The number of nitrogens with one attached hydrogen (secondary N) is 1. The van der Waals surface area contributed by atoms with Crippen molar-refractivity contribution >= 4 is 5.91 Å². The van der Waals surface area contributed by atoms with Crippen LogP contribution in [0.2, 0.25) is 0 Å². The Bertz CT molecular complexity index is 306. The summed E-state index contributed by atoms with van der Waals surface area (Å²) >= 11 is 0. The van der Waals surface area contributed by atoms with Gasteiger partial charge in [-0.1, -0.05) is 0 Å². The predicted octanol–water partition coefficient (Wildman–Crippen LogP) is -0.934. The molecule has 0 aliphatic carbocycles. The van der Waals surface area contributed by atoms with Crippen molar-refractivity contribution in [2.75, 3.05) is 13.2 Å². The van der Waals surface area contributed by atoms with Crippen LogP contribution in [-0.4, -0.2) is 40.4 Å². The first-order valence-corrected chi connectivity index (χ1v) is 4.11. The highest BCUT2D eigenvalue weighted by Crippen LogP contribution is 2.03. The zero-order valence-corrected chi connectivity index (χ0v) is 7.73. The molecule has 0 aromatic carbocycles. The summed E-state index contributed by atoms with van der Waals surface area (Å²) in [6, 6.07) is -0.668. The smallest absolute Gasteiger partial charge is 0.273 e. The third kappa shape index (κ3) is 2.30. The molecule has 1 heterocycles. The molecule has 14 heavy (non-hydrogen) atoms. The van der Waals surface area contributed by atoms with E-state index in [-0.39, 0.29) is 18.9 Å². The van der Waals surface area contributed by atoms with Gasteiger partial charge >= 0.3 is 0 Å². The van der Waals surface area contributed by atoms with Gasteiger partial charge in [0.05, 0.1) is 19.3 Å². The summed E-state index contributed by atoms with van der Waals surface area (Å²) in [5.74, 6) is -0.0681. The minimum Gasteiger partial charge on any atom is -0.448 e. The lowest BCUT2D eigenvalue weighted by Crippen LogP contribution is -2.40. The fraction of sp³-hybridized carbons (Fsp3) is 0.500. The van der Waals surface area contributed by atoms with Crippen molar-refractivity contribution in [2.24, 2.45) is 0 Å². The molecule has 0 fully saturated rings. The standard InChI is InChI=1S/C8H12N2O4/c1-5-7(9-4-14-5)8(13)10-6(2-11)3-12/h4,6,11-12H,2-3H2,1H3,(H,10,13). The minimum atomic E-state index is -0.668. The summed E-state index contributed by atoms with van der Waals surface area (Å²) in [6.45, 7) is 0.965. The van der Waals surface area contributed by atoms with Gasteiger partial charge in [-0.15, -0.1) is 0 Å². The molecular weight excluding hydrogens is 188 g/mol. The third-order valence-electron chi connectivity index (χ3n) is 1.74. The lowest BCUT2D eigenvalue weighted by atomic mass is 10.3. The van der Waals surface area contributed by atoms with Gasteiger partial charge < -0.3 is 19.9 Å². The fourth-order valence-electron chi connectivity index (χ4n) is 0.926. The van der Waals surface area contributed by atoms with Gasteiger partial charge in [-0.25, -0.2) is 4.98 Å². The SMILES string of the molecule is Cc1ocnc1C(=O)NC(CO)CO. The Morgan fingerprint density at radius 1 is 1.64 bits per heavy atom. The number of hydrogen-bond donors (Lipinski definition) is 3. The van der Waals surface area contributed by atoms with Crippen LogP contribution in [0.1, 0.15) is 16.2 Å². The van der Waals surface area contributed by atoms with Crippen molar-refractivity contribution in [1.29, 1.82) is 0 Å². The van der Waals surface area contributed by atoms with E-state index in [2.05, 4.69) is 10.3 Å². The predicted molar refractivity (Wildman–Crippen MR) is 46.7 cm³/mol. The van der Waals surface area contributed by atoms with Gasteiger partial charge in [-0.2, -0.15) is 0 Å². The number of aryl methyl sites for hydroxylation is 1. The average molecular weight is 200 g/mol. The van der Waals surface area contributed by atoms with E-state index in [1.54, 1.807) is 6.92 Å². The van der Waals surface area contributed by atoms with Gasteiger partial charge in [0, 0.05) is 0 Å². The number of nitrogens with zero attached hydrogens (tertiary/aromatic N) is 1. The van der Waals surface area contributed by atoms with Crippen LogP contribution in [0.3, 0.4) is 0 Å². The Labute approximate surface area is 80.6 Å². The lowest BCUT2D eigenvalue weighted by Gasteiger charge is -2.11. The molecule has 1 aromatic rings. The fourth-order valence-corrected chi connectivity index (χ4v) is 0.926. The Balaban J connectivity index is 2.63. The molecule has 1 amide bonds. The van der Waals surface area contributed by atoms with Crippen LogP contribution in [0.15, 0.2) is 10.8 Å². The van der Waals surface area contributed by atoms with E-state index in [9.17, 15) is 4.79 Å². The second-order valence-corrected chi connectivity index (χ2v) is 2.79. The zero-order valence-electron chi connectivity index (χ0n) is 7.73. The van der Waals surface area contributed by atoms with E-state index >= 15 is 0 Å². The van der Waals surface area contributed by atoms with Crippen LogP contribution in [0.5, 0.6) is 0 Å². The molecule has 6 heteroatoms. The summed E-state index contributed by atoms with van der Waals surface area (Å²) in [4.78, 5) is 15.1. The van der Waals surface area contributed by atoms with E-state index in [1.807, 2.05) is 0 Å². The summed E-state index contributed by atoms with van der Waals surface area (Å²) < 4.78 is 4.84. The van der Waals surface area contributed by atoms with Crippen LogP contribution in [0.4, 0.5) is 0 Å². The minimum absolute atomic E-state index is 0.164. The maximum absolute atomic E-state index is 11.4. The van der Waals surface area contributed by atoms with Gasteiger partial charge in [-0.3, -0.25) is 4.79 Å². The maximum atomic E-state index is 11.4. The van der Waals surface area contributed by atoms with Crippen LogP contribution in [0, 0.1) is 6.92 Å². The first-order valence-electron chi connectivity index (χ1n) is 4.11. The van der Waals surface area contributed by atoms with Crippen molar-refractivity contribution in [1.82, 2.24) is 10.3 Å². The molecule has 0 saturated heterocycles. The molecular formula is C8H12N2O4. The van der Waals surface area contributed by atoms with E-state index < -0.39 is 11.9 Å². The molecule has 78 valence electrons. The second-order valence-electron chi connectivity index (χ2n) is 2.79. The first-order chi connectivity index (χ1) is 6.69. The molecule has 0 spiro atoms. The van der Waals surface area contributed by atoms with Crippen LogP contribution in [-0.2, 0) is 0 Å². The van der Waals surface area contributed by atoms with Gasteiger partial charge in [0.2, 0.25) is 0 Å². The molecule has 1 rings (SSSR count). The van der Waals surface area contributed by atoms with Crippen molar-refractivity contribution in [3.63, 3.8) is 0 Å². The van der Waals surface area contributed by atoms with E-state index in [0.717, 1.165) is 6.39 Å². The Morgan fingerprint density at radius 3 is 2.71 bits per heavy atom. The summed E-state index contributed by atoms with van der Waals surface area (Å²) in [5, 5.41) is 19.8. The third-order valence-corrected chi connectivity index (χ3v) is 1.74. The van der Waals surface area contributed by atoms with Crippen molar-refractivity contribution in [3.05, 3.63) is 17.8 Å². The molecule has 3 N–H and O–H groups in total. The molecule has 0 unspecified atom stereocenters. The van der Waals surface area contributed by atoms with E-state index in [0.29, 0.717) is 5.76 Å². The summed E-state index contributed by atoms with van der Waals surface area (Å²) in [6.07, 6.45) is 1.16. The largest absolute Gasteiger partial charge is 0.448 e. The molecule has 0 saturated carbocycles. The zero-order chi connectivity index (χ0) is 10.6.